The fourth-order valence-electron chi connectivity index (χ4n) is 2.85. The lowest BCUT2D eigenvalue weighted by Crippen LogP contribution is -2.46. The summed E-state index contributed by atoms with van der Waals surface area (Å²) in [5.41, 5.74) is 0. The van der Waals surface area contributed by atoms with Gasteiger partial charge in [0.2, 0.25) is 5.91 Å². The largest absolute Gasteiger partial charge is 0.339 e. The van der Waals surface area contributed by atoms with E-state index in [1.54, 1.807) is 0 Å². The molecule has 3 heteroatoms. The average Bonchev–Trinajstić information content (AvgIpc) is 2.24. The average molecular weight is 288 g/mol. The molecule has 2 aliphatic carbocycles. The summed E-state index contributed by atoms with van der Waals surface area (Å²) in [6.45, 7) is 0.903. The molecule has 2 rings (SSSR count). The van der Waals surface area contributed by atoms with E-state index in [9.17, 15) is 4.79 Å². The molecule has 0 aromatic rings. The quantitative estimate of drug-likeness (QED) is 0.727. The second-order valence-electron chi connectivity index (χ2n) is 5.14. The molecule has 92 valence electrons. The monoisotopic (exact) mass is 287 g/mol. The lowest BCUT2D eigenvalue weighted by molar-refractivity contribution is -0.140. The Labute approximate surface area is 107 Å². The second-order valence-corrected chi connectivity index (χ2v) is 5.93. The lowest BCUT2D eigenvalue weighted by atomic mass is 9.83. The number of halogens is 1. The minimum Gasteiger partial charge on any atom is -0.339 e. The van der Waals surface area contributed by atoms with Crippen molar-refractivity contribution in [2.24, 2.45) is 5.92 Å². The van der Waals surface area contributed by atoms with E-state index in [-0.39, 0.29) is 0 Å². The van der Waals surface area contributed by atoms with Crippen LogP contribution in [0.3, 0.4) is 0 Å². The van der Waals surface area contributed by atoms with Gasteiger partial charge < -0.3 is 4.90 Å². The van der Waals surface area contributed by atoms with Crippen molar-refractivity contribution in [2.45, 2.75) is 57.4 Å². The Morgan fingerprint density at radius 3 is 2.25 bits per heavy atom. The van der Waals surface area contributed by atoms with Crippen LogP contribution in [-0.2, 0) is 4.79 Å². The van der Waals surface area contributed by atoms with Crippen LogP contribution >= 0.6 is 15.9 Å². The Bertz CT molecular complexity index is 234. The molecule has 0 unspecified atom stereocenters. The van der Waals surface area contributed by atoms with Crippen molar-refractivity contribution in [3.05, 3.63) is 0 Å². The summed E-state index contributed by atoms with van der Waals surface area (Å²) in [6.07, 6.45) is 9.94. The van der Waals surface area contributed by atoms with Crippen LogP contribution in [0.15, 0.2) is 0 Å². The fourth-order valence-corrected chi connectivity index (χ4v) is 3.23. The molecule has 0 heterocycles. The Kier molecular flexibility index (Phi) is 4.68. The van der Waals surface area contributed by atoms with Crippen LogP contribution in [0.5, 0.6) is 0 Å². The van der Waals surface area contributed by atoms with Crippen molar-refractivity contribution in [2.75, 3.05) is 11.9 Å². The zero-order valence-electron chi connectivity index (χ0n) is 9.96. The maximum atomic E-state index is 12.3. The topological polar surface area (TPSA) is 20.3 Å². The van der Waals surface area contributed by atoms with Gasteiger partial charge in [0, 0.05) is 23.8 Å². The zero-order chi connectivity index (χ0) is 11.4. The standard InChI is InChI=1S/C13H22BrNO/c14-9-10-15(12-7-2-1-3-8-12)13(16)11-5-4-6-11/h11-12H,1-10H2. The van der Waals surface area contributed by atoms with Gasteiger partial charge in [0.1, 0.15) is 0 Å². The fraction of sp³-hybridized carbons (Fsp3) is 0.923. The molecule has 0 aromatic carbocycles. The summed E-state index contributed by atoms with van der Waals surface area (Å²) in [7, 11) is 0. The third-order valence-corrected chi connectivity index (χ3v) is 4.43. The lowest BCUT2D eigenvalue weighted by Gasteiger charge is -2.38. The van der Waals surface area contributed by atoms with Crippen molar-refractivity contribution >= 4 is 21.8 Å². The molecule has 16 heavy (non-hydrogen) atoms. The highest BCUT2D eigenvalue weighted by atomic mass is 79.9. The SMILES string of the molecule is O=C(C1CCC1)N(CCBr)C1CCCCC1. The number of alkyl halides is 1. The first kappa shape index (κ1) is 12.4. The van der Waals surface area contributed by atoms with Gasteiger partial charge in [-0.3, -0.25) is 4.79 Å². The summed E-state index contributed by atoms with van der Waals surface area (Å²) in [5, 5.41) is 0.919. The maximum absolute atomic E-state index is 12.3. The second kappa shape index (κ2) is 6.04. The van der Waals surface area contributed by atoms with Gasteiger partial charge in [-0.05, 0) is 25.7 Å². The first-order chi connectivity index (χ1) is 7.83. The number of hydrogen-bond acceptors (Lipinski definition) is 1. The molecule has 0 spiro atoms. The highest BCUT2D eigenvalue weighted by Gasteiger charge is 2.32. The van der Waals surface area contributed by atoms with Crippen LogP contribution in [0, 0.1) is 5.92 Å². The molecule has 2 nitrogen and oxygen atoms in total. The summed E-state index contributed by atoms with van der Waals surface area (Å²) in [6, 6.07) is 0.541. The van der Waals surface area contributed by atoms with Crippen molar-refractivity contribution < 1.29 is 4.79 Å². The van der Waals surface area contributed by atoms with E-state index >= 15 is 0 Å². The van der Waals surface area contributed by atoms with Crippen molar-refractivity contribution in [3.63, 3.8) is 0 Å². The van der Waals surface area contributed by atoms with Gasteiger partial charge in [-0.15, -0.1) is 0 Å². The molecule has 2 aliphatic rings. The highest BCUT2D eigenvalue weighted by molar-refractivity contribution is 9.09. The molecular weight excluding hydrogens is 266 g/mol. The van der Waals surface area contributed by atoms with E-state index in [1.807, 2.05) is 0 Å². The van der Waals surface area contributed by atoms with Crippen LogP contribution in [0.25, 0.3) is 0 Å². The molecule has 0 saturated heterocycles. The van der Waals surface area contributed by atoms with Crippen LogP contribution in [0.2, 0.25) is 0 Å². The van der Waals surface area contributed by atoms with Crippen LogP contribution in [0.4, 0.5) is 0 Å². The van der Waals surface area contributed by atoms with Gasteiger partial charge in [-0.25, -0.2) is 0 Å². The van der Waals surface area contributed by atoms with E-state index < -0.39 is 0 Å². The van der Waals surface area contributed by atoms with Gasteiger partial charge >= 0.3 is 0 Å². The number of carbonyl (C=O) groups excluding carboxylic acids is 1. The summed E-state index contributed by atoms with van der Waals surface area (Å²) >= 11 is 3.48. The van der Waals surface area contributed by atoms with E-state index in [2.05, 4.69) is 20.8 Å². The zero-order valence-corrected chi connectivity index (χ0v) is 11.5. The summed E-state index contributed by atoms with van der Waals surface area (Å²) < 4.78 is 0. The molecule has 0 bridgehead atoms. The van der Waals surface area contributed by atoms with E-state index in [4.69, 9.17) is 0 Å². The number of rotatable bonds is 4. The van der Waals surface area contributed by atoms with Crippen molar-refractivity contribution in [3.8, 4) is 0 Å². The minimum absolute atomic E-state index is 0.362. The predicted molar refractivity (Wildman–Crippen MR) is 69.7 cm³/mol. The molecule has 2 fully saturated rings. The van der Waals surface area contributed by atoms with Crippen LogP contribution < -0.4 is 0 Å². The maximum Gasteiger partial charge on any atom is 0.225 e. The smallest absolute Gasteiger partial charge is 0.225 e. The number of hydrogen-bond donors (Lipinski definition) is 0. The molecular formula is C13H22BrNO. The number of nitrogens with zero attached hydrogens (tertiary/aromatic N) is 1. The number of amides is 1. The molecule has 0 aromatic heterocycles. The van der Waals surface area contributed by atoms with Crippen LogP contribution in [0.1, 0.15) is 51.4 Å². The Morgan fingerprint density at radius 2 is 1.75 bits per heavy atom. The van der Waals surface area contributed by atoms with Crippen LogP contribution in [-0.4, -0.2) is 28.7 Å². The van der Waals surface area contributed by atoms with E-state index in [0.29, 0.717) is 17.9 Å². The van der Waals surface area contributed by atoms with Gasteiger partial charge in [0.15, 0.2) is 0 Å². The summed E-state index contributed by atoms with van der Waals surface area (Å²) in [4.78, 5) is 14.5. The Hall–Kier alpha value is -0.0500. The van der Waals surface area contributed by atoms with Crippen molar-refractivity contribution in [1.29, 1.82) is 0 Å². The Morgan fingerprint density at radius 1 is 1.06 bits per heavy atom. The van der Waals surface area contributed by atoms with Gasteiger partial charge in [-0.1, -0.05) is 41.6 Å². The predicted octanol–water partition coefficient (Wildman–Crippen LogP) is 3.34. The Balaban J connectivity index is 1.93. The summed E-state index contributed by atoms with van der Waals surface area (Å²) in [5.74, 6) is 0.804. The molecule has 0 aliphatic heterocycles. The van der Waals surface area contributed by atoms with Gasteiger partial charge in [0.05, 0.1) is 0 Å². The molecule has 2 saturated carbocycles. The first-order valence-corrected chi connectivity index (χ1v) is 7.81. The first-order valence-electron chi connectivity index (χ1n) is 6.69. The minimum atomic E-state index is 0.362. The van der Waals surface area contributed by atoms with E-state index in [0.717, 1.165) is 24.7 Å². The normalized spacial score (nSPS) is 22.8. The molecule has 0 atom stereocenters. The van der Waals surface area contributed by atoms with Gasteiger partial charge in [-0.2, -0.15) is 0 Å². The molecule has 0 radical (unpaired) electrons. The molecule has 1 amide bonds. The number of carbonyl (C=O) groups is 1. The third kappa shape index (κ3) is 2.79. The third-order valence-electron chi connectivity index (χ3n) is 4.08. The van der Waals surface area contributed by atoms with Crippen molar-refractivity contribution in [1.82, 2.24) is 4.90 Å². The highest BCUT2D eigenvalue weighted by Crippen LogP contribution is 2.31. The van der Waals surface area contributed by atoms with E-state index in [1.165, 1.54) is 38.5 Å². The molecule has 0 N–H and O–H groups in total. The van der Waals surface area contributed by atoms with Gasteiger partial charge in [0.25, 0.3) is 0 Å².